The molecule has 0 N–H and O–H groups in total. The standard InChI is InChI=1S/C14H18O3/c1-14(2,3)10-5-9-6-11(15)8-17-13(9)12(7-10)16-4/h5,7H,6,8H2,1-4H3. The minimum Gasteiger partial charge on any atom is -0.493 e. The van der Waals surface area contributed by atoms with Crippen LogP contribution >= 0.6 is 0 Å². The summed E-state index contributed by atoms with van der Waals surface area (Å²) in [5, 5.41) is 0. The Bertz CT molecular complexity index is 455. The van der Waals surface area contributed by atoms with E-state index in [9.17, 15) is 4.79 Å². The zero-order valence-corrected chi connectivity index (χ0v) is 10.8. The van der Waals surface area contributed by atoms with Crippen molar-refractivity contribution >= 4 is 5.78 Å². The fourth-order valence-corrected chi connectivity index (χ4v) is 1.96. The molecule has 3 nitrogen and oxygen atoms in total. The van der Waals surface area contributed by atoms with Crippen LogP contribution < -0.4 is 9.47 Å². The zero-order valence-electron chi connectivity index (χ0n) is 10.8. The van der Waals surface area contributed by atoms with Crippen LogP contribution in [0.5, 0.6) is 11.5 Å². The van der Waals surface area contributed by atoms with Crippen LogP contribution in [0, 0.1) is 0 Å². The van der Waals surface area contributed by atoms with Crippen molar-refractivity contribution in [2.24, 2.45) is 0 Å². The fourth-order valence-electron chi connectivity index (χ4n) is 1.96. The van der Waals surface area contributed by atoms with E-state index in [-0.39, 0.29) is 17.8 Å². The fraction of sp³-hybridized carbons (Fsp3) is 0.500. The second kappa shape index (κ2) is 4.06. The van der Waals surface area contributed by atoms with Crippen LogP contribution in [0.25, 0.3) is 0 Å². The summed E-state index contributed by atoms with van der Waals surface area (Å²) in [6.07, 6.45) is 0.440. The highest BCUT2D eigenvalue weighted by Crippen LogP contribution is 2.38. The zero-order chi connectivity index (χ0) is 12.6. The average molecular weight is 234 g/mol. The maximum atomic E-state index is 11.4. The molecule has 1 aliphatic rings. The van der Waals surface area contributed by atoms with Crippen molar-refractivity contribution in [2.75, 3.05) is 13.7 Å². The van der Waals surface area contributed by atoms with Crippen LogP contribution in [-0.4, -0.2) is 19.5 Å². The number of carbonyl (C=O) groups is 1. The lowest BCUT2D eigenvalue weighted by Gasteiger charge is -2.25. The quantitative estimate of drug-likeness (QED) is 0.749. The number of methoxy groups -OCH3 is 1. The molecular formula is C14H18O3. The Kier molecular flexibility index (Phi) is 2.86. The first-order valence-corrected chi connectivity index (χ1v) is 5.77. The van der Waals surface area contributed by atoms with Gasteiger partial charge in [-0.2, -0.15) is 0 Å². The number of ketones is 1. The van der Waals surface area contributed by atoms with E-state index in [4.69, 9.17) is 9.47 Å². The summed E-state index contributed by atoms with van der Waals surface area (Å²) in [5.41, 5.74) is 2.12. The summed E-state index contributed by atoms with van der Waals surface area (Å²) in [6.45, 7) is 6.57. The smallest absolute Gasteiger partial charge is 0.174 e. The van der Waals surface area contributed by atoms with Crippen molar-refractivity contribution in [3.05, 3.63) is 23.3 Å². The minimum absolute atomic E-state index is 0.0306. The lowest BCUT2D eigenvalue weighted by molar-refractivity contribution is -0.121. The van der Waals surface area contributed by atoms with Crippen LogP contribution in [0.4, 0.5) is 0 Å². The molecule has 1 aromatic rings. The van der Waals surface area contributed by atoms with Gasteiger partial charge in [-0.3, -0.25) is 4.79 Å². The highest BCUT2D eigenvalue weighted by molar-refractivity contribution is 5.85. The van der Waals surface area contributed by atoms with Crippen molar-refractivity contribution in [1.82, 2.24) is 0 Å². The topological polar surface area (TPSA) is 35.5 Å². The summed E-state index contributed by atoms with van der Waals surface area (Å²) in [5.74, 6) is 1.56. The van der Waals surface area contributed by atoms with Gasteiger partial charge in [-0.05, 0) is 17.0 Å². The summed E-state index contributed by atoms with van der Waals surface area (Å²) in [7, 11) is 1.63. The van der Waals surface area contributed by atoms with Gasteiger partial charge < -0.3 is 9.47 Å². The minimum atomic E-state index is 0.0306. The molecule has 0 aliphatic carbocycles. The molecule has 0 aromatic heterocycles. The molecule has 0 saturated heterocycles. The van der Waals surface area contributed by atoms with E-state index in [0.717, 1.165) is 22.6 Å². The highest BCUT2D eigenvalue weighted by atomic mass is 16.5. The molecule has 0 radical (unpaired) electrons. The van der Waals surface area contributed by atoms with E-state index in [0.29, 0.717) is 6.42 Å². The number of hydrogen-bond acceptors (Lipinski definition) is 3. The van der Waals surface area contributed by atoms with E-state index in [1.165, 1.54) is 0 Å². The van der Waals surface area contributed by atoms with Gasteiger partial charge in [0.15, 0.2) is 17.3 Å². The summed E-state index contributed by atoms with van der Waals surface area (Å²) >= 11 is 0. The van der Waals surface area contributed by atoms with Gasteiger partial charge in [0.1, 0.15) is 6.61 Å². The molecule has 1 aliphatic heterocycles. The first-order chi connectivity index (χ1) is 7.91. The van der Waals surface area contributed by atoms with Gasteiger partial charge in [0.2, 0.25) is 0 Å². The van der Waals surface area contributed by atoms with Gasteiger partial charge in [-0.15, -0.1) is 0 Å². The van der Waals surface area contributed by atoms with Gasteiger partial charge in [-0.25, -0.2) is 0 Å². The van der Waals surface area contributed by atoms with Gasteiger partial charge >= 0.3 is 0 Å². The number of benzene rings is 1. The Morgan fingerprint density at radius 1 is 1.29 bits per heavy atom. The largest absolute Gasteiger partial charge is 0.493 e. The van der Waals surface area contributed by atoms with Crippen molar-refractivity contribution in [1.29, 1.82) is 0 Å². The van der Waals surface area contributed by atoms with Crippen LogP contribution in [0.15, 0.2) is 12.1 Å². The van der Waals surface area contributed by atoms with Crippen LogP contribution in [-0.2, 0) is 16.6 Å². The second-order valence-electron chi connectivity index (χ2n) is 5.42. The molecule has 0 spiro atoms. The molecule has 1 heterocycles. The molecule has 17 heavy (non-hydrogen) atoms. The normalized spacial score (nSPS) is 15.2. The molecule has 0 bridgehead atoms. The predicted octanol–water partition coefficient (Wildman–Crippen LogP) is 2.50. The number of Topliss-reactive ketones (excluding diaryl/α,β-unsaturated/α-hetero) is 1. The second-order valence-corrected chi connectivity index (χ2v) is 5.42. The van der Waals surface area contributed by atoms with Crippen LogP contribution in [0.3, 0.4) is 0 Å². The molecule has 0 unspecified atom stereocenters. The maximum Gasteiger partial charge on any atom is 0.174 e. The van der Waals surface area contributed by atoms with E-state index in [2.05, 4.69) is 26.8 Å². The third-order valence-corrected chi connectivity index (χ3v) is 2.98. The number of rotatable bonds is 1. The highest BCUT2D eigenvalue weighted by Gasteiger charge is 2.24. The molecule has 0 saturated carbocycles. The number of carbonyl (C=O) groups excluding carboxylic acids is 1. The van der Waals surface area contributed by atoms with E-state index < -0.39 is 0 Å². The monoisotopic (exact) mass is 234 g/mol. The van der Waals surface area contributed by atoms with E-state index in [1.807, 2.05) is 6.07 Å². The third kappa shape index (κ3) is 2.28. The number of ether oxygens (including phenoxy) is 2. The van der Waals surface area contributed by atoms with Gasteiger partial charge in [-0.1, -0.05) is 26.8 Å². The van der Waals surface area contributed by atoms with Crippen LogP contribution in [0.2, 0.25) is 0 Å². The lowest BCUT2D eigenvalue weighted by Crippen LogP contribution is -2.22. The Morgan fingerprint density at radius 2 is 2.00 bits per heavy atom. The van der Waals surface area contributed by atoms with Crippen molar-refractivity contribution in [2.45, 2.75) is 32.6 Å². The van der Waals surface area contributed by atoms with Gasteiger partial charge in [0, 0.05) is 12.0 Å². The Hall–Kier alpha value is -1.51. The Labute approximate surface area is 102 Å². The lowest BCUT2D eigenvalue weighted by atomic mass is 9.85. The maximum absolute atomic E-state index is 11.4. The summed E-state index contributed by atoms with van der Waals surface area (Å²) in [6, 6.07) is 4.05. The molecular weight excluding hydrogens is 216 g/mol. The Morgan fingerprint density at radius 3 is 2.59 bits per heavy atom. The molecule has 92 valence electrons. The summed E-state index contributed by atoms with van der Waals surface area (Å²) < 4.78 is 10.8. The number of hydrogen-bond donors (Lipinski definition) is 0. The Balaban J connectivity index is 2.54. The van der Waals surface area contributed by atoms with E-state index >= 15 is 0 Å². The summed E-state index contributed by atoms with van der Waals surface area (Å²) in [4.78, 5) is 11.4. The third-order valence-electron chi connectivity index (χ3n) is 2.98. The van der Waals surface area contributed by atoms with Crippen molar-refractivity contribution < 1.29 is 14.3 Å². The SMILES string of the molecule is COc1cc(C(C)(C)C)cc2c1OCC(=O)C2. The first kappa shape index (κ1) is 12.0. The van der Waals surface area contributed by atoms with Crippen molar-refractivity contribution in [3.63, 3.8) is 0 Å². The number of fused-ring (bicyclic) bond motifs is 1. The predicted molar refractivity (Wildman–Crippen MR) is 65.9 cm³/mol. The van der Waals surface area contributed by atoms with Crippen LogP contribution in [0.1, 0.15) is 31.9 Å². The average Bonchev–Trinajstić information content (AvgIpc) is 2.25. The molecule has 3 heteroatoms. The molecule has 2 rings (SSSR count). The molecule has 1 aromatic carbocycles. The van der Waals surface area contributed by atoms with Gasteiger partial charge in [0.25, 0.3) is 0 Å². The molecule has 0 amide bonds. The molecule has 0 atom stereocenters. The first-order valence-electron chi connectivity index (χ1n) is 5.77. The van der Waals surface area contributed by atoms with E-state index in [1.54, 1.807) is 7.11 Å². The van der Waals surface area contributed by atoms with Gasteiger partial charge in [0.05, 0.1) is 7.11 Å². The molecule has 0 fully saturated rings. The van der Waals surface area contributed by atoms with Crippen molar-refractivity contribution in [3.8, 4) is 11.5 Å².